The zero-order valence-corrected chi connectivity index (χ0v) is 11.5. The van der Waals surface area contributed by atoms with Gasteiger partial charge in [-0.2, -0.15) is 0 Å². The maximum atomic E-state index is 5.97. The number of halogens is 1. The van der Waals surface area contributed by atoms with Crippen LogP contribution >= 0.6 is 15.9 Å². The number of ether oxygens (including phenoxy) is 1. The summed E-state index contributed by atoms with van der Waals surface area (Å²) in [6, 6.07) is 0. The van der Waals surface area contributed by atoms with Crippen molar-refractivity contribution in [3.05, 3.63) is 22.4 Å². The monoisotopic (exact) mass is 284 g/mol. The molecule has 1 unspecified atom stereocenters. The van der Waals surface area contributed by atoms with Crippen molar-refractivity contribution < 1.29 is 4.74 Å². The molecule has 16 heavy (non-hydrogen) atoms. The molecular weight excluding hydrogens is 268 g/mol. The van der Waals surface area contributed by atoms with Gasteiger partial charge in [-0.05, 0) is 27.8 Å². The number of methoxy groups -OCH3 is 1. The molecule has 0 aromatic carbocycles. The van der Waals surface area contributed by atoms with Crippen molar-refractivity contribution in [2.45, 2.75) is 25.7 Å². The number of aromatic nitrogens is 1. The largest absolute Gasteiger partial charge is 0.495 e. The first-order chi connectivity index (χ1) is 7.48. The van der Waals surface area contributed by atoms with Gasteiger partial charge in [-0.3, -0.25) is 4.98 Å². The summed E-state index contributed by atoms with van der Waals surface area (Å²) in [5.74, 6) is 0.824. The molecule has 2 rings (SSSR count). The summed E-state index contributed by atoms with van der Waals surface area (Å²) in [7, 11) is 1.67. The van der Waals surface area contributed by atoms with E-state index in [-0.39, 0.29) is 10.8 Å². The van der Waals surface area contributed by atoms with E-state index in [2.05, 4.69) is 34.8 Å². The molecule has 1 atom stereocenters. The van der Waals surface area contributed by atoms with Gasteiger partial charge in [0.1, 0.15) is 5.75 Å². The van der Waals surface area contributed by atoms with Crippen LogP contribution in [0.4, 0.5) is 0 Å². The van der Waals surface area contributed by atoms with Crippen LogP contribution in [0.3, 0.4) is 0 Å². The average Bonchev–Trinajstić information content (AvgIpc) is 2.81. The average molecular weight is 285 g/mol. The van der Waals surface area contributed by atoms with E-state index in [0.717, 1.165) is 22.2 Å². The number of rotatable bonds is 3. The van der Waals surface area contributed by atoms with Gasteiger partial charge >= 0.3 is 0 Å². The van der Waals surface area contributed by atoms with E-state index in [0.29, 0.717) is 6.54 Å². The molecule has 1 heterocycles. The molecule has 0 aliphatic heterocycles. The van der Waals surface area contributed by atoms with E-state index in [4.69, 9.17) is 10.5 Å². The first-order valence-corrected chi connectivity index (χ1v) is 6.16. The van der Waals surface area contributed by atoms with E-state index in [1.54, 1.807) is 13.3 Å². The molecule has 1 aliphatic carbocycles. The maximum absolute atomic E-state index is 5.97. The maximum Gasteiger partial charge on any atom is 0.142 e. The fourth-order valence-corrected chi connectivity index (χ4v) is 3.32. The second-order valence-corrected chi connectivity index (χ2v) is 5.90. The van der Waals surface area contributed by atoms with Gasteiger partial charge in [0.05, 0.1) is 13.3 Å². The van der Waals surface area contributed by atoms with Gasteiger partial charge in [0.15, 0.2) is 0 Å². The summed E-state index contributed by atoms with van der Waals surface area (Å²) in [6.07, 6.45) is 4.66. The predicted octanol–water partition coefficient (Wildman–Crippen LogP) is 2.48. The lowest BCUT2D eigenvalue weighted by Crippen LogP contribution is -2.26. The zero-order chi connectivity index (χ0) is 12.0. The summed E-state index contributed by atoms with van der Waals surface area (Å²) < 4.78 is 6.39. The summed E-state index contributed by atoms with van der Waals surface area (Å²) >= 11 is 3.56. The molecule has 2 N–H and O–H groups in total. The molecule has 0 bridgehead atoms. The van der Waals surface area contributed by atoms with Gasteiger partial charge in [-0.25, -0.2) is 0 Å². The Bertz CT molecular complexity index is 419. The van der Waals surface area contributed by atoms with E-state index in [9.17, 15) is 0 Å². The molecule has 1 saturated carbocycles. The molecule has 0 spiro atoms. The third-order valence-corrected chi connectivity index (χ3v) is 4.43. The standard InChI is InChI=1S/C12H17BrN2O/c1-11(2)6-12(11,7-14)10-8(13)4-15-5-9(10)16-3/h4-5H,6-7,14H2,1-3H3. The Labute approximate surface area is 105 Å². The van der Waals surface area contributed by atoms with Gasteiger partial charge in [0, 0.05) is 28.2 Å². The fraction of sp³-hybridized carbons (Fsp3) is 0.583. The van der Waals surface area contributed by atoms with Crippen LogP contribution in [-0.2, 0) is 5.41 Å². The van der Waals surface area contributed by atoms with Crippen LogP contribution in [0.25, 0.3) is 0 Å². The fourth-order valence-electron chi connectivity index (χ4n) is 2.62. The van der Waals surface area contributed by atoms with Crippen LogP contribution in [-0.4, -0.2) is 18.6 Å². The Hall–Kier alpha value is -0.610. The predicted molar refractivity (Wildman–Crippen MR) is 67.6 cm³/mol. The Morgan fingerprint density at radius 3 is 2.56 bits per heavy atom. The third kappa shape index (κ3) is 1.47. The van der Waals surface area contributed by atoms with E-state index in [1.165, 1.54) is 0 Å². The van der Waals surface area contributed by atoms with Gasteiger partial charge in [0.2, 0.25) is 0 Å². The topological polar surface area (TPSA) is 48.1 Å². The van der Waals surface area contributed by atoms with Crippen molar-refractivity contribution in [3.8, 4) is 5.75 Å². The van der Waals surface area contributed by atoms with E-state index < -0.39 is 0 Å². The molecule has 1 aromatic rings. The van der Waals surface area contributed by atoms with Gasteiger partial charge in [-0.15, -0.1) is 0 Å². The molecule has 1 fully saturated rings. The number of pyridine rings is 1. The summed E-state index contributed by atoms with van der Waals surface area (Å²) in [6.45, 7) is 5.12. The molecule has 0 saturated heterocycles. The third-order valence-electron chi connectivity index (χ3n) is 3.83. The zero-order valence-electron chi connectivity index (χ0n) is 9.88. The Morgan fingerprint density at radius 1 is 1.50 bits per heavy atom. The smallest absolute Gasteiger partial charge is 0.142 e. The van der Waals surface area contributed by atoms with Crippen LogP contribution in [0.2, 0.25) is 0 Å². The Kier molecular flexibility index (Phi) is 2.75. The van der Waals surface area contributed by atoms with Crippen molar-refractivity contribution in [1.82, 2.24) is 4.98 Å². The minimum absolute atomic E-state index is 0.0279. The van der Waals surface area contributed by atoms with Gasteiger partial charge < -0.3 is 10.5 Å². The number of nitrogens with zero attached hydrogens (tertiary/aromatic N) is 1. The normalized spacial score (nSPS) is 26.6. The highest BCUT2D eigenvalue weighted by molar-refractivity contribution is 9.10. The van der Waals surface area contributed by atoms with Gasteiger partial charge in [-0.1, -0.05) is 13.8 Å². The van der Waals surface area contributed by atoms with Crippen LogP contribution in [0.1, 0.15) is 25.8 Å². The number of hydrogen-bond donors (Lipinski definition) is 1. The van der Waals surface area contributed by atoms with Crippen molar-refractivity contribution in [1.29, 1.82) is 0 Å². The van der Waals surface area contributed by atoms with Gasteiger partial charge in [0.25, 0.3) is 0 Å². The van der Waals surface area contributed by atoms with Crippen LogP contribution in [0, 0.1) is 5.41 Å². The quantitative estimate of drug-likeness (QED) is 0.928. The highest BCUT2D eigenvalue weighted by Crippen LogP contribution is 2.66. The molecule has 3 nitrogen and oxygen atoms in total. The second kappa shape index (κ2) is 3.70. The molecule has 4 heteroatoms. The Morgan fingerprint density at radius 2 is 2.12 bits per heavy atom. The second-order valence-electron chi connectivity index (χ2n) is 5.05. The van der Waals surface area contributed by atoms with Crippen LogP contribution < -0.4 is 10.5 Å². The highest BCUT2D eigenvalue weighted by Gasteiger charge is 2.62. The first kappa shape index (κ1) is 11.9. The highest BCUT2D eigenvalue weighted by atomic mass is 79.9. The van der Waals surface area contributed by atoms with E-state index in [1.807, 2.05) is 6.20 Å². The minimum atomic E-state index is 0.0279. The van der Waals surface area contributed by atoms with Crippen molar-refractivity contribution in [3.63, 3.8) is 0 Å². The molecule has 88 valence electrons. The summed E-state index contributed by atoms with van der Waals surface area (Å²) in [5, 5.41) is 0. The number of nitrogens with two attached hydrogens (primary N) is 1. The number of hydrogen-bond acceptors (Lipinski definition) is 3. The molecule has 0 amide bonds. The molecule has 1 aliphatic rings. The van der Waals surface area contributed by atoms with Crippen molar-refractivity contribution >= 4 is 15.9 Å². The molecule has 1 aromatic heterocycles. The van der Waals surface area contributed by atoms with Crippen LogP contribution in [0.5, 0.6) is 5.75 Å². The van der Waals surface area contributed by atoms with E-state index >= 15 is 0 Å². The first-order valence-electron chi connectivity index (χ1n) is 5.36. The Balaban J connectivity index is 2.56. The lowest BCUT2D eigenvalue weighted by atomic mass is 9.88. The lowest BCUT2D eigenvalue weighted by molar-refractivity contribution is 0.392. The molecule has 0 radical (unpaired) electrons. The SMILES string of the molecule is COc1cncc(Br)c1C1(CN)CC1(C)C. The summed E-state index contributed by atoms with van der Waals surface area (Å²) in [5.41, 5.74) is 7.40. The lowest BCUT2D eigenvalue weighted by Gasteiger charge is -2.22. The molecular formula is C12H17BrN2O. The van der Waals surface area contributed by atoms with Crippen LogP contribution in [0.15, 0.2) is 16.9 Å². The summed E-state index contributed by atoms with van der Waals surface area (Å²) in [4.78, 5) is 4.13. The van der Waals surface area contributed by atoms with Crippen molar-refractivity contribution in [2.75, 3.05) is 13.7 Å². The minimum Gasteiger partial charge on any atom is -0.495 e. The van der Waals surface area contributed by atoms with Crippen molar-refractivity contribution in [2.24, 2.45) is 11.1 Å².